The van der Waals surface area contributed by atoms with Crippen LogP contribution in [0.15, 0.2) is 29.1 Å². The molecule has 1 aromatic carbocycles. The van der Waals surface area contributed by atoms with Gasteiger partial charge in [0.2, 0.25) is 0 Å². The Hall–Kier alpha value is -2.30. The Morgan fingerprint density at radius 2 is 2.00 bits per heavy atom. The molecule has 2 rings (SSSR count). The predicted octanol–water partition coefficient (Wildman–Crippen LogP) is 0.932. The number of hydrogen-bond acceptors (Lipinski definition) is 3. The number of phenols is 1. The van der Waals surface area contributed by atoms with E-state index >= 15 is 0 Å². The van der Waals surface area contributed by atoms with Gasteiger partial charge in [-0.2, -0.15) is 0 Å². The molecule has 5 heteroatoms. The molecule has 0 atom stereocenters. The molecule has 0 aliphatic heterocycles. The van der Waals surface area contributed by atoms with Crippen LogP contribution in [0.1, 0.15) is 10.4 Å². The van der Waals surface area contributed by atoms with Crippen LogP contribution in [0.2, 0.25) is 0 Å². The van der Waals surface area contributed by atoms with Crippen LogP contribution >= 0.6 is 0 Å². The topological polar surface area (TPSA) is 90.4 Å². The van der Waals surface area contributed by atoms with Crippen LogP contribution in [0.5, 0.6) is 5.75 Å². The molecule has 0 aliphatic carbocycles. The van der Waals surface area contributed by atoms with Crippen LogP contribution in [-0.2, 0) is 0 Å². The summed E-state index contributed by atoms with van der Waals surface area (Å²) in [5, 5.41) is 18.4. The van der Waals surface area contributed by atoms with Gasteiger partial charge in [-0.05, 0) is 24.3 Å². The van der Waals surface area contributed by atoms with Gasteiger partial charge in [0.25, 0.3) is 5.56 Å². The summed E-state index contributed by atoms with van der Waals surface area (Å²) < 4.78 is 0. The molecule has 0 aliphatic rings. The highest BCUT2D eigenvalue weighted by atomic mass is 16.4. The summed E-state index contributed by atoms with van der Waals surface area (Å²) in [6, 6.07) is 5.55. The molecule has 1 aromatic heterocycles. The second kappa shape index (κ2) is 3.13. The Morgan fingerprint density at radius 3 is 2.67 bits per heavy atom. The average molecular weight is 205 g/mol. The monoisotopic (exact) mass is 205 g/mol. The lowest BCUT2D eigenvalue weighted by Gasteiger charge is -2.00. The molecule has 0 amide bonds. The number of fused-ring (bicyclic) bond motifs is 1. The third-order valence-electron chi connectivity index (χ3n) is 2.06. The van der Waals surface area contributed by atoms with E-state index in [0.29, 0.717) is 10.9 Å². The third kappa shape index (κ3) is 1.54. The largest absolute Gasteiger partial charge is 0.508 e. The van der Waals surface area contributed by atoms with Gasteiger partial charge in [0.05, 0.1) is 0 Å². The predicted molar refractivity (Wildman–Crippen MR) is 53.2 cm³/mol. The zero-order valence-electron chi connectivity index (χ0n) is 7.52. The number of aromatic nitrogens is 1. The van der Waals surface area contributed by atoms with Gasteiger partial charge in [-0.1, -0.05) is 0 Å². The Kier molecular flexibility index (Phi) is 1.93. The lowest BCUT2D eigenvalue weighted by Crippen LogP contribution is -2.16. The Labute approximate surface area is 83.6 Å². The molecule has 5 nitrogen and oxygen atoms in total. The van der Waals surface area contributed by atoms with Crippen molar-refractivity contribution in [1.82, 2.24) is 4.98 Å². The van der Waals surface area contributed by atoms with E-state index < -0.39 is 11.5 Å². The van der Waals surface area contributed by atoms with Gasteiger partial charge < -0.3 is 15.2 Å². The molecule has 15 heavy (non-hydrogen) atoms. The van der Waals surface area contributed by atoms with E-state index in [0.717, 1.165) is 0 Å². The number of carbonyl (C=O) groups is 1. The summed E-state index contributed by atoms with van der Waals surface area (Å²) in [5.74, 6) is -1.27. The van der Waals surface area contributed by atoms with E-state index in [4.69, 9.17) is 5.11 Å². The highest BCUT2D eigenvalue weighted by Crippen LogP contribution is 2.17. The SMILES string of the molecule is O=C(O)c1cc2cc(O)ccc2[nH]c1=O. The van der Waals surface area contributed by atoms with Crippen LogP contribution in [0, 0.1) is 0 Å². The number of aromatic hydroxyl groups is 1. The maximum absolute atomic E-state index is 11.3. The van der Waals surface area contributed by atoms with Crippen molar-refractivity contribution in [2.75, 3.05) is 0 Å². The Bertz CT molecular complexity index is 600. The van der Waals surface area contributed by atoms with Crippen molar-refractivity contribution in [3.8, 4) is 5.75 Å². The number of carboxylic acids is 1. The maximum atomic E-state index is 11.3. The molecule has 76 valence electrons. The van der Waals surface area contributed by atoms with Crippen molar-refractivity contribution in [2.45, 2.75) is 0 Å². The van der Waals surface area contributed by atoms with Crippen LogP contribution in [0.25, 0.3) is 10.9 Å². The molecule has 0 fully saturated rings. The molecule has 1 heterocycles. The summed E-state index contributed by atoms with van der Waals surface area (Å²) >= 11 is 0. The summed E-state index contributed by atoms with van der Waals surface area (Å²) in [5.41, 5.74) is -0.503. The Balaban J connectivity index is 2.83. The van der Waals surface area contributed by atoms with Gasteiger partial charge in [-0.15, -0.1) is 0 Å². The minimum absolute atomic E-state index is 0.0193. The molecule has 0 saturated heterocycles. The molecule has 2 aromatic rings. The summed E-state index contributed by atoms with van der Waals surface area (Å²) in [7, 11) is 0. The maximum Gasteiger partial charge on any atom is 0.341 e. The number of hydrogen-bond donors (Lipinski definition) is 3. The standard InChI is InChI=1S/C10H7NO4/c12-6-1-2-8-5(3-6)4-7(10(14)15)9(13)11-8/h1-4,12H,(H,11,13)(H,14,15). The van der Waals surface area contributed by atoms with Crippen molar-refractivity contribution >= 4 is 16.9 Å². The van der Waals surface area contributed by atoms with Crippen molar-refractivity contribution in [1.29, 1.82) is 0 Å². The zero-order chi connectivity index (χ0) is 11.0. The van der Waals surface area contributed by atoms with Gasteiger partial charge in [0.1, 0.15) is 11.3 Å². The van der Waals surface area contributed by atoms with E-state index in [1.54, 1.807) is 0 Å². The fourth-order valence-electron chi connectivity index (χ4n) is 1.35. The number of phenolic OH excluding ortho intramolecular Hbond substituents is 1. The summed E-state index contributed by atoms with van der Waals surface area (Å²) in [6.07, 6.45) is 0. The summed E-state index contributed by atoms with van der Waals surface area (Å²) in [6.45, 7) is 0. The lowest BCUT2D eigenvalue weighted by atomic mass is 10.1. The van der Waals surface area contributed by atoms with Crippen molar-refractivity contribution in [2.24, 2.45) is 0 Å². The number of carboxylic acid groups (broad SMARTS) is 1. The first-order chi connectivity index (χ1) is 7.08. The second-order valence-electron chi connectivity index (χ2n) is 3.09. The van der Waals surface area contributed by atoms with Gasteiger partial charge in [-0.25, -0.2) is 4.79 Å². The first kappa shape index (κ1) is 9.26. The highest BCUT2D eigenvalue weighted by molar-refractivity contribution is 5.92. The molecule has 0 radical (unpaired) electrons. The van der Waals surface area contributed by atoms with Crippen molar-refractivity contribution < 1.29 is 15.0 Å². The molecular weight excluding hydrogens is 198 g/mol. The van der Waals surface area contributed by atoms with Gasteiger partial charge in [0.15, 0.2) is 0 Å². The van der Waals surface area contributed by atoms with E-state index in [2.05, 4.69) is 4.98 Å². The normalized spacial score (nSPS) is 10.4. The minimum Gasteiger partial charge on any atom is -0.508 e. The smallest absolute Gasteiger partial charge is 0.341 e. The first-order valence-electron chi connectivity index (χ1n) is 4.17. The van der Waals surface area contributed by atoms with Gasteiger partial charge in [0, 0.05) is 10.9 Å². The molecular formula is C10H7NO4. The quantitative estimate of drug-likeness (QED) is 0.646. The van der Waals surface area contributed by atoms with Crippen LogP contribution in [0.4, 0.5) is 0 Å². The number of aromatic carboxylic acids is 1. The zero-order valence-corrected chi connectivity index (χ0v) is 7.52. The minimum atomic E-state index is -1.29. The number of pyridine rings is 1. The van der Waals surface area contributed by atoms with Crippen molar-refractivity contribution in [3.63, 3.8) is 0 Å². The number of nitrogens with one attached hydrogen (secondary N) is 1. The lowest BCUT2D eigenvalue weighted by molar-refractivity contribution is 0.0695. The number of rotatable bonds is 1. The Morgan fingerprint density at radius 1 is 1.27 bits per heavy atom. The number of H-pyrrole nitrogens is 1. The fourth-order valence-corrected chi connectivity index (χ4v) is 1.35. The van der Waals surface area contributed by atoms with E-state index in [1.807, 2.05) is 0 Å². The number of benzene rings is 1. The van der Waals surface area contributed by atoms with Crippen LogP contribution < -0.4 is 5.56 Å². The molecule has 0 bridgehead atoms. The molecule has 0 spiro atoms. The second-order valence-corrected chi connectivity index (χ2v) is 3.09. The first-order valence-corrected chi connectivity index (χ1v) is 4.17. The van der Waals surface area contributed by atoms with Crippen molar-refractivity contribution in [3.05, 3.63) is 40.2 Å². The molecule has 0 saturated carbocycles. The molecule has 3 N–H and O–H groups in total. The highest BCUT2D eigenvalue weighted by Gasteiger charge is 2.09. The average Bonchev–Trinajstić information content (AvgIpc) is 2.17. The van der Waals surface area contributed by atoms with Crippen LogP contribution in [-0.4, -0.2) is 21.2 Å². The van der Waals surface area contributed by atoms with E-state index in [9.17, 15) is 14.7 Å². The fraction of sp³-hybridized carbons (Fsp3) is 0. The van der Waals surface area contributed by atoms with E-state index in [1.165, 1.54) is 24.3 Å². The van der Waals surface area contributed by atoms with E-state index in [-0.39, 0.29) is 11.3 Å². The third-order valence-corrected chi connectivity index (χ3v) is 2.06. The van der Waals surface area contributed by atoms with Crippen LogP contribution in [0.3, 0.4) is 0 Å². The number of aromatic amines is 1. The van der Waals surface area contributed by atoms with Gasteiger partial charge in [-0.3, -0.25) is 4.79 Å². The molecule has 0 unspecified atom stereocenters. The van der Waals surface area contributed by atoms with Gasteiger partial charge >= 0.3 is 5.97 Å². The summed E-state index contributed by atoms with van der Waals surface area (Å²) in [4.78, 5) is 24.3.